The van der Waals surface area contributed by atoms with Crippen LogP contribution < -0.4 is 5.32 Å². The van der Waals surface area contributed by atoms with Crippen LogP contribution in [0.1, 0.15) is 43.6 Å². The number of nitrogens with zero attached hydrogens (tertiary/aromatic N) is 3. The van der Waals surface area contributed by atoms with Gasteiger partial charge in [0.15, 0.2) is 0 Å². The van der Waals surface area contributed by atoms with Crippen LogP contribution in [-0.2, 0) is 4.79 Å². The molecule has 2 aromatic rings. The Balaban J connectivity index is 1.63. The average molecular weight is 318 g/mol. The number of likely N-dealkylation sites (tertiary alicyclic amines) is 1. The van der Waals surface area contributed by atoms with Gasteiger partial charge in [-0.3, -0.25) is 9.69 Å². The van der Waals surface area contributed by atoms with Crippen molar-refractivity contribution < 1.29 is 4.79 Å². The highest BCUT2D eigenvalue weighted by molar-refractivity contribution is 7.10. The number of hydrogen-bond donors (Lipinski definition) is 1. The zero-order chi connectivity index (χ0) is 15.5. The number of carbonyl (C=O) groups is 1. The molecule has 3 heterocycles. The van der Waals surface area contributed by atoms with E-state index in [9.17, 15) is 4.79 Å². The van der Waals surface area contributed by atoms with Crippen LogP contribution in [0.4, 0.5) is 5.82 Å². The van der Waals surface area contributed by atoms with Crippen molar-refractivity contribution in [1.82, 2.24) is 14.7 Å². The van der Waals surface area contributed by atoms with E-state index in [1.165, 1.54) is 4.88 Å². The molecule has 0 bridgehead atoms. The molecule has 0 radical (unpaired) electrons. The fraction of sp³-hybridized carbons (Fsp3) is 0.500. The van der Waals surface area contributed by atoms with E-state index in [0.29, 0.717) is 12.6 Å². The zero-order valence-electron chi connectivity index (χ0n) is 13.0. The fourth-order valence-electron chi connectivity index (χ4n) is 3.01. The number of aromatic nitrogens is 2. The monoisotopic (exact) mass is 318 g/mol. The third kappa shape index (κ3) is 3.23. The number of nitrogens with one attached hydrogen (secondary N) is 1. The Morgan fingerprint density at radius 3 is 3.09 bits per heavy atom. The number of amides is 1. The molecule has 0 saturated carbocycles. The minimum absolute atomic E-state index is 0.0332. The van der Waals surface area contributed by atoms with Gasteiger partial charge in [0.1, 0.15) is 5.82 Å². The standard InChI is InChI=1S/C16H22N4OS/c1-12(2)20-15(7-8-17-20)18-16(21)11-19-9-3-5-13(19)14-6-4-10-22-14/h4,6-8,10,12-13H,3,5,9,11H2,1-2H3,(H,18,21)/t13-/m1/s1. The first kappa shape index (κ1) is 15.2. The van der Waals surface area contributed by atoms with E-state index in [1.54, 1.807) is 17.5 Å². The second kappa shape index (κ2) is 6.62. The first-order chi connectivity index (χ1) is 10.6. The highest BCUT2D eigenvalue weighted by Gasteiger charge is 2.28. The van der Waals surface area contributed by atoms with Gasteiger partial charge in [0, 0.05) is 23.0 Å². The van der Waals surface area contributed by atoms with Crippen molar-refractivity contribution >= 4 is 23.1 Å². The van der Waals surface area contributed by atoms with Crippen molar-refractivity contribution in [2.75, 3.05) is 18.4 Å². The maximum atomic E-state index is 12.4. The first-order valence-corrected chi connectivity index (χ1v) is 8.64. The molecule has 1 saturated heterocycles. The maximum absolute atomic E-state index is 12.4. The van der Waals surface area contributed by atoms with Crippen molar-refractivity contribution in [2.45, 2.75) is 38.8 Å². The third-order valence-corrected chi connectivity index (χ3v) is 4.98. The van der Waals surface area contributed by atoms with E-state index >= 15 is 0 Å². The van der Waals surface area contributed by atoms with E-state index in [0.717, 1.165) is 25.2 Å². The van der Waals surface area contributed by atoms with E-state index in [1.807, 2.05) is 10.7 Å². The van der Waals surface area contributed by atoms with Gasteiger partial charge in [-0.05, 0) is 44.7 Å². The summed E-state index contributed by atoms with van der Waals surface area (Å²) in [6.07, 6.45) is 4.01. The smallest absolute Gasteiger partial charge is 0.239 e. The van der Waals surface area contributed by atoms with Gasteiger partial charge < -0.3 is 5.32 Å². The van der Waals surface area contributed by atoms with Gasteiger partial charge >= 0.3 is 0 Å². The lowest BCUT2D eigenvalue weighted by molar-refractivity contribution is -0.117. The second-order valence-electron chi connectivity index (χ2n) is 5.95. The lowest BCUT2D eigenvalue weighted by atomic mass is 10.2. The van der Waals surface area contributed by atoms with Crippen LogP contribution in [0.15, 0.2) is 29.8 Å². The minimum Gasteiger partial charge on any atom is -0.310 e. The quantitative estimate of drug-likeness (QED) is 0.920. The fourth-order valence-corrected chi connectivity index (χ4v) is 3.91. The van der Waals surface area contributed by atoms with Gasteiger partial charge in [-0.2, -0.15) is 5.10 Å². The molecule has 1 aliphatic rings. The van der Waals surface area contributed by atoms with Crippen LogP contribution in [0.5, 0.6) is 0 Å². The van der Waals surface area contributed by atoms with E-state index in [-0.39, 0.29) is 11.9 Å². The largest absolute Gasteiger partial charge is 0.310 e. The molecule has 1 N–H and O–H groups in total. The molecule has 5 nitrogen and oxygen atoms in total. The van der Waals surface area contributed by atoms with Crippen molar-refractivity contribution in [2.24, 2.45) is 0 Å². The van der Waals surface area contributed by atoms with Gasteiger partial charge in [-0.1, -0.05) is 6.07 Å². The summed E-state index contributed by atoms with van der Waals surface area (Å²) in [6, 6.07) is 6.72. The molecular formula is C16H22N4OS. The SMILES string of the molecule is CC(C)n1nccc1NC(=O)CN1CCC[C@@H]1c1cccs1. The number of hydrogen-bond acceptors (Lipinski definition) is 4. The Labute approximate surface area is 134 Å². The highest BCUT2D eigenvalue weighted by atomic mass is 32.1. The normalized spacial score (nSPS) is 19.0. The molecule has 1 fully saturated rings. The molecule has 2 aromatic heterocycles. The van der Waals surface area contributed by atoms with Crippen LogP contribution in [0.3, 0.4) is 0 Å². The Morgan fingerprint density at radius 2 is 2.36 bits per heavy atom. The minimum atomic E-state index is 0.0332. The molecule has 0 spiro atoms. The lowest BCUT2D eigenvalue weighted by Crippen LogP contribution is -2.33. The number of anilines is 1. The molecule has 0 unspecified atom stereocenters. The van der Waals surface area contributed by atoms with E-state index in [2.05, 4.69) is 46.7 Å². The molecule has 6 heteroatoms. The summed E-state index contributed by atoms with van der Waals surface area (Å²) in [5.74, 6) is 0.803. The van der Waals surface area contributed by atoms with Gasteiger partial charge in [-0.25, -0.2) is 4.68 Å². The van der Waals surface area contributed by atoms with Crippen LogP contribution in [0.2, 0.25) is 0 Å². The maximum Gasteiger partial charge on any atom is 0.239 e. The second-order valence-corrected chi connectivity index (χ2v) is 6.93. The number of thiophene rings is 1. The number of rotatable bonds is 5. The Hall–Kier alpha value is -1.66. The molecule has 0 aromatic carbocycles. The summed E-state index contributed by atoms with van der Waals surface area (Å²) < 4.78 is 1.83. The van der Waals surface area contributed by atoms with Crippen LogP contribution in [0.25, 0.3) is 0 Å². The summed E-state index contributed by atoms with van der Waals surface area (Å²) in [4.78, 5) is 16.0. The summed E-state index contributed by atoms with van der Waals surface area (Å²) in [6.45, 7) is 5.52. The first-order valence-electron chi connectivity index (χ1n) is 7.76. The van der Waals surface area contributed by atoms with E-state index < -0.39 is 0 Å². The molecule has 1 atom stereocenters. The van der Waals surface area contributed by atoms with Crippen molar-refractivity contribution in [3.8, 4) is 0 Å². The average Bonchev–Trinajstić information content (AvgIpc) is 3.18. The molecular weight excluding hydrogens is 296 g/mol. The molecule has 1 amide bonds. The van der Waals surface area contributed by atoms with Crippen LogP contribution in [-0.4, -0.2) is 33.7 Å². The van der Waals surface area contributed by atoms with Gasteiger partial charge in [0.2, 0.25) is 5.91 Å². The molecule has 0 aliphatic carbocycles. The topological polar surface area (TPSA) is 50.2 Å². The summed E-state index contributed by atoms with van der Waals surface area (Å²) in [5, 5.41) is 9.34. The van der Waals surface area contributed by atoms with Crippen molar-refractivity contribution in [1.29, 1.82) is 0 Å². The predicted molar refractivity (Wildman–Crippen MR) is 89.1 cm³/mol. The third-order valence-electron chi connectivity index (χ3n) is 4.01. The lowest BCUT2D eigenvalue weighted by Gasteiger charge is -2.23. The molecule has 118 valence electrons. The van der Waals surface area contributed by atoms with Gasteiger partial charge in [0.05, 0.1) is 12.7 Å². The van der Waals surface area contributed by atoms with E-state index in [4.69, 9.17) is 0 Å². The van der Waals surface area contributed by atoms with Gasteiger partial charge in [0.25, 0.3) is 0 Å². The van der Waals surface area contributed by atoms with Gasteiger partial charge in [-0.15, -0.1) is 11.3 Å². The van der Waals surface area contributed by atoms with Crippen LogP contribution in [0, 0.1) is 0 Å². The Kier molecular flexibility index (Phi) is 4.59. The zero-order valence-corrected chi connectivity index (χ0v) is 13.8. The summed E-state index contributed by atoms with van der Waals surface area (Å²) in [5.41, 5.74) is 0. The molecule has 22 heavy (non-hydrogen) atoms. The molecule has 1 aliphatic heterocycles. The molecule has 3 rings (SSSR count). The summed E-state index contributed by atoms with van der Waals surface area (Å²) >= 11 is 1.78. The number of carbonyl (C=O) groups excluding carboxylic acids is 1. The van der Waals surface area contributed by atoms with Crippen molar-refractivity contribution in [3.05, 3.63) is 34.7 Å². The highest BCUT2D eigenvalue weighted by Crippen LogP contribution is 2.34. The summed E-state index contributed by atoms with van der Waals surface area (Å²) in [7, 11) is 0. The van der Waals surface area contributed by atoms with Crippen LogP contribution >= 0.6 is 11.3 Å². The Morgan fingerprint density at radius 1 is 1.50 bits per heavy atom. The van der Waals surface area contributed by atoms with Crippen molar-refractivity contribution in [3.63, 3.8) is 0 Å². The Bertz CT molecular complexity index is 620. The predicted octanol–water partition coefficient (Wildman–Crippen LogP) is 3.30.